The molecule has 1 aromatic heterocycles. The maximum Gasteiger partial charge on any atom is 0.316 e. The summed E-state index contributed by atoms with van der Waals surface area (Å²) in [5, 5.41) is 4.90. The summed E-state index contributed by atoms with van der Waals surface area (Å²) in [7, 11) is -2.03. The number of hydrogen-bond acceptors (Lipinski definition) is 9. The molecular weight excluding hydrogens is 582 g/mol. The minimum Gasteiger partial charge on any atom is -0.489 e. The van der Waals surface area contributed by atoms with Gasteiger partial charge < -0.3 is 24.8 Å². The first-order valence-corrected chi connectivity index (χ1v) is 15.8. The largest absolute Gasteiger partial charge is 0.489 e. The van der Waals surface area contributed by atoms with Gasteiger partial charge in [-0.1, -0.05) is 30.7 Å². The highest BCUT2D eigenvalue weighted by Gasteiger charge is 2.39. The Hall–Kier alpha value is -3.32. The molecule has 2 N–H and O–H groups in total. The molecule has 2 fully saturated rings. The normalized spacial score (nSPS) is 16.8. The number of piperazine rings is 1. The highest BCUT2D eigenvalue weighted by Crippen LogP contribution is 2.45. The zero-order valence-corrected chi connectivity index (χ0v) is 25.4. The van der Waals surface area contributed by atoms with Gasteiger partial charge in [0, 0.05) is 43.7 Å². The first-order valence-electron chi connectivity index (χ1n) is 13.8. The number of nitrogens with zero attached hydrogens (tertiary/aromatic N) is 4. The highest BCUT2D eigenvalue weighted by atomic mass is 35.5. The quantitative estimate of drug-likeness (QED) is 0.240. The molecule has 1 saturated carbocycles. The zero-order valence-electron chi connectivity index (χ0n) is 23.8. The predicted molar refractivity (Wildman–Crippen MR) is 162 cm³/mol. The lowest BCUT2D eigenvalue weighted by molar-refractivity contribution is 0.146. The second-order valence-corrected chi connectivity index (χ2v) is 13.4. The summed E-state index contributed by atoms with van der Waals surface area (Å²) < 4.78 is 46.0. The van der Waals surface area contributed by atoms with E-state index in [1.54, 1.807) is 55.8 Å². The summed E-state index contributed by atoms with van der Waals surface area (Å²) in [4.78, 5) is 15.6. The lowest BCUT2D eigenvalue weighted by atomic mass is 10.2. The Morgan fingerprint density at radius 1 is 1.05 bits per heavy atom. The number of benzene rings is 2. The molecule has 0 unspecified atom stereocenters. The molecule has 2 aromatic carbocycles. The van der Waals surface area contributed by atoms with E-state index in [9.17, 15) is 13.2 Å². The van der Waals surface area contributed by atoms with Crippen LogP contribution in [-0.2, 0) is 20.5 Å². The third kappa shape index (κ3) is 7.00. The molecule has 2 aliphatic rings. The van der Waals surface area contributed by atoms with Crippen molar-refractivity contribution in [1.29, 1.82) is 0 Å². The molecular formula is C29H36ClN5O6S. The molecule has 13 heteroatoms. The fraction of sp³-hybridized carbons (Fsp3) is 0.448. The van der Waals surface area contributed by atoms with E-state index < -0.39 is 10.0 Å². The van der Waals surface area contributed by atoms with E-state index in [1.165, 1.54) is 8.99 Å². The number of aromatic nitrogens is 2. The molecule has 0 spiro atoms. The van der Waals surface area contributed by atoms with Crippen LogP contribution < -0.4 is 25.7 Å². The van der Waals surface area contributed by atoms with E-state index in [0.29, 0.717) is 66.3 Å². The average molecular weight is 618 g/mol. The Balaban J connectivity index is 1.30. The van der Waals surface area contributed by atoms with Gasteiger partial charge in [0.1, 0.15) is 18.0 Å². The lowest BCUT2D eigenvalue weighted by Gasteiger charge is -2.35. The number of hydrogen-bond donors (Lipinski definition) is 1. The fourth-order valence-corrected chi connectivity index (χ4v) is 6.44. The molecule has 226 valence electrons. The molecule has 0 radical (unpaired) electrons. The smallest absolute Gasteiger partial charge is 0.316 e. The van der Waals surface area contributed by atoms with Crippen molar-refractivity contribution in [2.45, 2.75) is 25.5 Å². The number of nitrogen functional groups attached to an aromatic ring is 1. The minimum absolute atomic E-state index is 0.0539. The van der Waals surface area contributed by atoms with Gasteiger partial charge in [0.15, 0.2) is 0 Å². The summed E-state index contributed by atoms with van der Waals surface area (Å²) >= 11 is 6.16. The molecule has 0 atom stereocenters. The third-order valence-corrected chi connectivity index (χ3v) is 9.66. The first-order chi connectivity index (χ1) is 20.1. The number of methoxy groups -OCH3 is 1. The summed E-state index contributed by atoms with van der Waals surface area (Å²) in [6.07, 6.45) is 3.69. The number of ether oxygens (including phenoxy) is 3. The van der Waals surface area contributed by atoms with Gasteiger partial charge in [0.05, 0.1) is 36.5 Å². The molecule has 1 saturated heterocycles. The van der Waals surface area contributed by atoms with Crippen LogP contribution in [0.15, 0.2) is 53.5 Å². The van der Waals surface area contributed by atoms with Crippen LogP contribution in [0.1, 0.15) is 25.3 Å². The number of rotatable bonds is 12. The van der Waals surface area contributed by atoms with Crippen LogP contribution in [0.3, 0.4) is 0 Å². The molecule has 0 bridgehead atoms. The van der Waals surface area contributed by atoms with Crippen LogP contribution in [-0.4, -0.2) is 75.6 Å². The second kappa shape index (κ2) is 12.5. The summed E-state index contributed by atoms with van der Waals surface area (Å²) in [6.45, 7) is 4.58. The Kier molecular flexibility index (Phi) is 8.97. The van der Waals surface area contributed by atoms with Gasteiger partial charge in [-0.25, -0.2) is 8.42 Å². The monoisotopic (exact) mass is 617 g/mol. The van der Waals surface area contributed by atoms with Crippen molar-refractivity contribution < 1.29 is 22.6 Å². The van der Waals surface area contributed by atoms with Gasteiger partial charge in [-0.15, -0.1) is 0 Å². The third-order valence-electron chi connectivity index (χ3n) is 7.58. The minimum atomic E-state index is -3.61. The van der Waals surface area contributed by atoms with Gasteiger partial charge in [-0.3, -0.25) is 4.79 Å². The molecule has 1 aliphatic heterocycles. The van der Waals surface area contributed by atoms with Crippen molar-refractivity contribution in [1.82, 2.24) is 14.1 Å². The number of sulfonamides is 1. The molecule has 3 aromatic rings. The van der Waals surface area contributed by atoms with E-state index in [2.05, 4.69) is 12.0 Å². The maximum absolute atomic E-state index is 13.6. The standard InChI is InChI=1S/C29H36ClN5O6S/c1-29(8-9-29)20-41-27-25(18-32-35(28(27)36)23-5-3-4-22(30)17-23)33-10-12-34(13-11-33)42(37,38)19-21-6-7-26(24(31)16-21)40-15-14-39-2/h3-7,16-18H,8-15,19-20,31H2,1-2H3. The Morgan fingerprint density at radius 2 is 1.81 bits per heavy atom. The second-order valence-electron chi connectivity index (χ2n) is 11.0. The molecule has 11 nitrogen and oxygen atoms in total. The van der Waals surface area contributed by atoms with Crippen molar-refractivity contribution in [3.63, 3.8) is 0 Å². The van der Waals surface area contributed by atoms with Crippen LogP contribution in [0, 0.1) is 5.41 Å². The average Bonchev–Trinajstić information content (AvgIpc) is 3.70. The van der Waals surface area contributed by atoms with Crippen LogP contribution in [0.2, 0.25) is 5.02 Å². The van der Waals surface area contributed by atoms with Crippen LogP contribution in [0.4, 0.5) is 11.4 Å². The Morgan fingerprint density at radius 3 is 2.48 bits per heavy atom. The van der Waals surface area contributed by atoms with Gasteiger partial charge in [0.2, 0.25) is 15.8 Å². The van der Waals surface area contributed by atoms with E-state index in [1.807, 2.05) is 4.90 Å². The SMILES string of the molecule is COCCOc1ccc(CS(=O)(=O)N2CCN(c3cnn(-c4cccc(Cl)c4)c(=O)c3OCC3(C)CC3)CC2)cc1N. The van der Waals surface area contributed by atoms with Gasteiger partial charge in [-0.05, 0) is 48.7 Å². The van der Waals surface area contributed by atoms with Gasteiger partial charge >= 0.3 is 5.56 Å². The lowest BCUT2D eigenvalue weighted by Crippen LogP contribution is -2.49. The predicted octanol–water partition coefficient (Wildman–Crippen LogP) is 3.32. The van der Waals surface area contributed by atoms with Crippen LogP contribution in [0.5, 0.6) is 11.5 Å². The van der Waals surface area contributed by atoms with Crippen LogP contribution in [0.25, 0.3) is 5.69 Å². The number of halogens is 1. The number of anilines is 2. The van der Waals surface area contributed by atoms with Crippen molar-refractivity contribution in [2.75, 3.05) is 63.7 Å². The Bertz CT molecular complexity index is 1590. The summed E-state index contributed by atoms with van der Waals surface area (Å²) in [5.74, 6) is 0.513. The van der Waals surface area contributed by atoms with E-state index in [-0.39, 0.29) is 35.6 Å². The van der Waals surface area contributed by atoms with Crippen molar-refractivity contribution in [3.05, 3.63) is 69.6 Å². The highest BCUT2D eigenvalue weighted by molar-refractivity contribution is 7.88. The van der Waals surface area contributed by atoms with Crippen molar-refractivity contribution >= 4 is 33.0 Å². The van der Waals surface area contributed by atoms with Crippen molar-refractivity contribution in [2.24, 2.45) is 5.41 Å². The van der Waals surface area contributed by atoms with E-state index in [4.69, 9.17) is 31.5 Å². The van der Waals surface area contributed by atoms with Crippen LogP contribution >= 0.6 is 11.6 Å². The van der Waals surface area contributed by atoms with E-state index in [0.717, 1.165) is 12.8 Å². The zero-order chi connectivity index (χ0) is 29.9. The number of nitrogens with two attached hydrogens (primary N) is 1. The summed E-state index contributed by atoms with van der Waals surface area (Å²) in [5.41, 5.74) is 7.79. The van der Waals surface area contributed by atoms with Gasteiger partial charge in [0.25, 0.3) is 0 Å². The first kappa shape index (κ1) is 30.1. The van der Waals surface area contributed by atoms with Crippen molar-refractivity contribution in [3.8, 4) is 17.2 Å². The molecule has 5 rings (SSSR count). The Labute approximate surface area is 250 Å². The maximum atomic E-state index is 13.6. The van der Waals surface area contributed by atoms with E-state index >= 15 is 0 Å². The summed E-state index contributed by atoms with van der Waals surface area (Å²) in [6, 6.07) is 11.9. The fourth-order valence-electron chi connectivity index (χ4n) is 4.75. The topological polar surface area (TPSA) is 129 Å². The molecule has 42 heavy (non-hydrogen) atoms. The molecule has 0 amide bonds. The van der Waals surface area contributed by atoms with Gasteiger partial charge in [-0.2, -0.15) is 14.1 Å². The molecule has 1 aliphatic carbocycles. The molecule has 2 heterocycles.